The number of carbonyl (C=O) groups is 2. The molecule has 1 aliphatic heterocycles. The molecule has 5 aliphatic rings. The van der Waals surface area contributed by atoms with Crippen LogP contribution in [0.3, 0.4) is 0 Å². The molecule has 5 N–H and O–H groups in total. The van der Waals surface area contributed by atoms with Crippen LogP contribution in [0.4, 0.5) is 10.9 Å². The standard InChI is InChI=1S/C46H56N8O7S2/c1-30-34(21-48-54(30)29-45-24-43(2)23-44(3,25-45)27-46(26-43,28-45)61-19-17-52(16-14-47)18-20-63(58,59)60)32-11-12-38(50-39(32)41(56)57)53-15-13-31-7-6-8-33(35(31)22-53)40(55)51-42-49-36-9-4-5-10-37(36)62-42/h4-12,21H,13-20,22-29,47H2,1-3H3,(H,56,57)(H,49,51,55)(H,58,59,60). The highest BCUT2D eigenvalue weighted by molar-refractivity contribution is 7.85. The zero-order chi connectivity index (χ0) is 44.4. The number of anilines is 2. The first-order valence-electron chi connectivity index (χ1n) is 21.8. The molecule has 63 heavy (non-hydrogen) atoms. The maximum atomic E-state index is 13.7. The number of hydrogen-bond donors (Lipinski definition) is 4. The first kappa shape index (κ1) is 43.5. The van der Waals surface area contributed by atoms with E-state index in [0.717, 1.165) is 71.1 Å². The van der Waals surface area contributed by atoms with E-state index >= 15 is 0 Å². The number of pyridine rings is 1. The fraction of sp³-hybridized carbons (Fsp3) is 0.500. The number of nitrogens with one attached hydrogen (secondary N) is 1. The van der Waals surface area contributed by atoms with Gasteiger partial charge in [0.2, 0.25) is 0 Å². The van der Waals surface area contributed by atoms with Crippen LogP contribution < -0.4 is 16.0 Å². The van der Waals surface area contributed by atoms with Crippen LogP contribution >= 0.6 is 11.3 Å². The first-order chi connectivity index (χ1) is 30.0. The molecule has 4 aliphatic carbocycles. The van der Waals surface area contributed by atoms with Crippen molar-refractivity contribution in [3.63, 3.8) is 0 Å². The van der Waals surface area contributed by atoms with Gasteiger partial charge in [0.05, 0.1) is 34.4 Å². The average molecular weight is 897 g/mol. The van der Waals surface area contributed by atoms with E-state index in [1.807, 2.05) is 76.0 Å². The minimum atomic E-state index is -4.09. The summed E-state index contributed by atoms with van der Waals surface area (Å²) >= 11 is 1.43. The number of para-hydroxylation sites is 1. The van der Waals surface area contributed by atoms with E-state index in [2.05, 4.69) is 24.1 Å². The molecule has 17 heteroatoms. The first-order valence-corrected chi connectivity index (χ1v) is 24.2. The van der Waals surface area contributed by atoms with Gasteiger partial charge >= 0.3 is 5.97 Å². The average Bonchev–Trinajstić information content (AvgIpc) is 3.78. The normalized spacial score (nSPS) is 25.2. The smallest absolute Gasteiger partial charge is 0.355 e. The number of benzene rings is 2. The predicted molar refractivity (Wildman–Crippen MR) is 243 cm³/mol. The molecule has 2 aromatic carbocycles. The second kappa shape index (κ2) is 16.3. The van der Waals surface area contributed by atoms with Crippen LogP contribution in [0.15, 0.2) is 60.8 Å². The summed E-state index contributed by atoms with van der Waals surface area (Å²) in [4.78, 5) is 39.9. The summed E-state index contributed by atoms with van der Waals surface area (Å²) < 4.78 is 42.2. The van der Waals surface area contributed by atoms with Crippen molar-refractivity contribution in [3.05, 3.63) is 88.9 Å². The van der Waals surface area contributed by atoms with Gasteiger partial charge in [-0.1, -0.05) is 49.4 Å². The highest BCUT2D eigenvalue weighted by Crippen LogP contribution is 2.72. The van der Waals surface area contributed by atoms with E-state index in [0.29, 0.717) is 74.4 Å². The molecule has 15 nitrogen and oxygen atoms in total. The Kier molecular flexibility index (Phi) is 11.3. The van der Waals surface area contributed by atoms with E-state index in [1.54, 1.807) is 6.20 Å². The maximum absolute atomic E-state index is 13.7. The number of amides is 1. The highest BCUT2D eigenvalue weighted by atomic mass is 32.2. The van der Waals surface area contributed by atoms with Crippen LogP contribution in [-0.2, 0) is 34.4 Å². The number of hydrogen-bond acceptors (Lipinski definition) is 12. The molecule has 334 valence electrons. The lowest BCUT2D eigenvalue weighted by molar-refractivity contribution is -0.248. The molecule has 5 aromatic rings. The molecular weight excluding hydrogens is 841 g/mol. The monoisotopic (exact) mass is 896 g/mol. The van der Waals surface area contributed by atoms with Gasteiger partial charge in [0.1, 0.15) is 5.82 Å². The fourth-order valence-electron chi connectivity index (χ4n) is 12.6. The summed E-state index contributed by atoms with van der Waals surface area (Å²) in [6, 6.07) is 17.2. The van der Waals surface area contributed by atoms with Gasteiger partial charge < -0.3 is 20.5 Å². The Morgan fingerprint density at radius 3 is 2.46 bits per heavy atom. The lowest BCUT2D eigenvalue weighted by atomic mass is 9.39. The van der Waals surface area contributed by atoms with Gasteiger partial charge in [-0.25, -0.2) is 14.8 Å². The van der Waals surface area contributed by atoms with E-state index in [1.165, 1.54) is 11.3 Å². The Balaban J connectivity index is 0.924. The summed E-state index contributed by atoms with van der Waals surface area (Å²) in [5.41, 5.74) is 11.0. The van der Waals surface area contributed by atoms with Gasteiger partial charge in [0.25, 0.3) is 16.0 Å². The number of carboxylic acid groups (broad SMARTS) is 1. The molecule has 4 fully saturated rings. The Morgan fingerprint density at radius 1 is 0.952 bits per heavy atom. The minimum Gasteiger partial charge on any atom is -0.476 e. The molecule has 0 radical (unpaired) electrons. The highest BCUT2D eigenvalue weighted by Gasteiger charge is 2.66. The van der Waals surface area contributed by atoms with Crippen molar-refractivity contribution >= 4 is 54.5 Å². The van der Waals surface area contributed by atoms with Crippen LogP contribution in [0, 0.1) is 23.2 Å². The van der Waals surface area contributed by atoms with Crippen molar-refractivity contribution in [1.29, 1.82) is 0 Å². The van der Waals surface area contributed by atoms with Crippen molar-refractivity contribution < 1.29 is 32.4 Å². The molecular formula is C46H56N8O7S2. The van der Waals surface area contributed by atoms with Crippen LogP contribution in [0.1, 0.15) is 90.0 Å². The van der Waals surface area contributed by atoms with Gasteiger partial charge in [-0.2, -0.15) is 13.5 Å². The zero-order valence-corrected chi connectivity index (χ0v) is 37.7. The number of aromatic carboxylic acids is 1. The molecule has 0 saturated heterocycles. The summed E-state index contributed by atoms with van der Waals surface area (Å²) in [5.74, 6) is -1.19. The third-order valence-corrected chi connectivity index (χ3v) is 15.5. The SMILES string of the molecule is Cc1c(-c2ccc(N3CCc4cccc(C(=O)Nc5nc6ccccc6s5)c4C3)nc2C(=O)O)cnn1CC12CC3(C)CC(C)(C1)CC(OCCN(CCN)CCS(=O)(=O)O)(C3)C2. The Hall–Kier alpha value is -4.78. The number of nitrogens with zero attached hydrogens (tertiary/aromatic N) is 6. The van der Waals surface area contributed by atoms with Crippen LogP contribution in [0.25, 0.3) is 21.3 Å². The molecule has 2 unspecified atom stereocenters. The summed E-state index contributed by atoms with van der Waals surface area (Å²) in [6.07, 6.45) is 8.46. The Labute approximate surface area is 371 Å². The number of rotatable bonds is 16. The second-order valence-electron chi connectivity index (χ2n) is 19.4. The molecule has 4 bridgehead atoms. The fourth-order valence-corrected chi connectivity index (χ4v) is 13.9. The van der Waals surface area contributed by atoms with Crippen molar-refractivity contribution in [2.75, 3.05) is 55.3 Å². The third-order valence-electron chi connectivity index (χ3n) is 13.9. The van der Waals surface area contributed by atoms with Crippen LogP contribution in [0.2, 0.25) is 0 Å². The number of thiazole rings is 1. The van der Waals surface area contributed by atoms with Gasteiger partial charge in [-0.15, -0.1) is 0 Å². The minimum absolute atomic E-state index is 0.0507. The van der Waals surface area contributed by atoms with Gasteiger partial charge in [0.15, 0.2) is 10.8 Å². The zero-order valence-electron chi connectivity index (χ0n) is 36.1. The summed E-state index contributed by atoms with van der Waals surface area (Å²) in [7, 11) is -4.09. The van der Waals surface area contributed by atoms with Crippen molar-refractivity contribution in [2.24, 2.45) is 22.0 Å². The van der Waals surface area contributed by atoms with E-state index in [-0.39, 0.29) is 45.7 Å². The van der Waals surface area contributed by atoms with E-state index in [9.17, 15) is 27.7 Å². The largest absolute Gasteiger partial charge is 0.476 e. The molecule has 2 atom stereocenters. The van der Waals surface area contributed by atoms with Crippen LogP contribution in [0.5, 0.6) is 0 Å². The molecule has 3 aromatic heterocycles. The number of carboxylic acids is 1. The second-order valence-corrected chi connectivity index (χ2v) is 22.0. The van der Waals surface area contributed by atoms with Gasteiger partial charge in [-0.05, 0) is 110 Å². The van der Waals surface area contributed by atoms with Crippen molar-refractivity contribution in [2.45, 2.75) is 84.4 Å². The molecule has 4 heterocycles. The van der Waals surface area contributed by atoms with Crippen LogP contribution in [-0.4, -0.2) is 105 Å². The number of ether oxygens (including phenoxy) is 1. The lowest BCUT2D eigenvalue weighted by Gasteiger charge is -2.69. The van der Waals surface area contributed by atoms with Crippen molar-refractivity contribution in [1.82, 2.24) is 24.6 Å². The molecule has 0 spiro atoms. The lowest BCUT2D eigenvalue weighted by Crippen LogP contribution is -2.64. The topological polar surface area (TPSA) is 206 Å². The quantitative estimate of drug-likeness (QED) is 0.0766. The number of carbonyl (C=O) groups excluding carboxylic acids is 1. The van der Waals surface area contributed by atoms with Gasteiger partial charge in [0, 0.05) is 68.2 Å². The predicted octanol–water partition coefficient (Wildman–Crippen LogP) is 6.66. The van der Waals surface area contributed by atoms with Crippen molar-refractivity contribution in [3.8, 4) is 11.1 Å². The maximum Gasteiger partial charge on any atom is 0.355 e. The third kappa shape index (κ3) is 8.87. The number of fused-ring (bicyclic) bond motifs is 2. The molecule has 10 rings (SSSR count). The Bertz CT molecular complexity index is 2650. The summed E-state index contributed by atoms with van der Waals surface area (Å²) in [5, 5.41) is 19.0. The summed E-state index contributed by atoms with van der Waals surface area (Å²) in [6.45, 7) is 10.5. The van der Waals surface area contributed by atoms with E-state index < -0.39 is 16.1 Å². The molecule has 4 saturated carbocycles. The Morgan fingerprint density at radius 2 is 1.73 bits per heavy atom. The van der Waals surface area contributed by atoms with Gasteiger partial charge in [-0.3, -0.25) is 24.2 Å². The number of aromatic nitrogens is 4. The van der Waals surface area contributed by atoms with E-state index in [4.69, 9.17) is 20.6 Å². The number of nitrogens with two attached hydrogens (primary N) is 1. The molecule has 1 amide bonds.